The van der Waals surface area contributed by atoms with Gasteiger partial charge in [0.15, 0.2) is 0 Å². The molecule has 0 fully saturated rings. The van der Waals surface area contributed by atoms with Crippen molar-refractivity contribution in [1.82, 2.24) is 0 Å². The molecule has 1 heterocycles. The van der Waals surface area contributed by atoms with Crippen LogP contribution in [0.5, 0.6) is 0 Å². The second kappa shape index (κ2) is 15.5. The fraction of sp³-hybridized carbons (Fsp3) is 0.286. The van der Waals surface area contributed by atoms with Crippen LogP contribution in [0.4, 0.5) is 0 Å². The zero-order valence-electron chi connectivity index (χ0n) is 36.0. The molecule has 2 heteroatoms. The molecule has 58 heavy (non-hydrogen) atoms. The van der Waals surface area contributed by atoms with Crippen molar-refractivity contribution in [2.75, 3.05) is 0 Å². The molecule has 6 aromatic rings. The van der Waals surface area contributed by atoms with Gasteiger partial charge in [-0.15, -0.1) is 0 Å². The maximum absolute atomic E-state index is 2.87. The van der Waals surface area contributed by atoms with Crippen LogP contribution in [-0.2, 0) is 32.6 Å². The first-order valence-electron chi connectivity index (χ1n) is 21.9. The summed E-state index contributed by atoms with van der Waals surface area (Å²) in [5.41, 5.74) is 21.2. The molecule has 3 aliphatic rings. The third-order valence-electron chi connectivity index (χ3n) is 13.2. The van der Waals surface area contributed by atoms with Crippen molar-refractivity contribution in [2.24, 2.45) is 0 Å². The predicted molar refractivity (Wildman–Crippen MR) is 252 cm³/mol. The van der Waals surface area contributed by atoms with E-state index in [0.29, 0.717) is 7.25 Å². The molecular formula is C56H59SiZr. The normalized spacial score (nSPS) is 17.1. The van der Waals surface area contributed by atoms with Crippen molar-refractivity contribution < 1.29 is 21.8 Å². The van der Waals surface area contributed by atoms with E-state index in [1.165, 1.54) is 68.5 Å². The van der Waals surface area contributed by atoms with E-state index in [-0.39, 0.29) is 10.8 Å². The van der Waals surface area contributed by atoms with Gasteiger partial charge in [-0.2, -0.15) is 0 Å². The fourth-order valence-corrected chi connectivity index (χ4v) is 24.8. The standard InChI is InChI=1S/2C22H25.C12H9Si.Zr/c2*1-5-9-16-14-17-10-8-12-18(20(17)15-16)19-11-6-7-13-21(19)22(2,3)4;1-3-7-11-9(5-1)10-6-2-4-8-12(10)13-11;/h2*6-8,10-15H,5,9H2,1-4H3;1-7H,13H2;. The summed E-state index contributed by atoms with van der Waals surface area (Å²) in [6, 6.07) is 50.1. The van der Waals surface area contributed by atoms with Gasteiger partial charge in [-0.25, -0.2) is 0 Å². The summed E-state index contributed by atoms with van der Waals surface area (Å²) in [7, 11) is -0.625. The van der Waals surface area contributed by atoms with Gasteiger partial charge in [0.05, 0.1) is 0 Å². The summed E-state index contributed by atoms with van der Waals surface area (Å²) in [4.78, 5) is 0. The Bertz CT molecular complexity index is 2470. The van der Waals surface area contributed by atoms with Gasteiger partial charge in [0.25, 0.3) is 0 Å². The molecule has 0 radical (unpaired) electrons. The van der Waals surface area contributed by atoms with Crippen molar-refractivity contribution >= 4 is 35.3 Å². The molecule has 0 amide bonds. The van der Waals surface area contributed by atoms with E-state index < -0.39 is 31.3 Å². The summed E-state index contributed by atoms with van der Waals surface area (Å²) in [5, 5.41) is 3.39. The van der Waals surface area contributed by atoms with E-state index in [1.54, 1.807) is 35.9 Å². The molecule has 2 aliphatic carbocycles. The van der Waals surface area contributed by atoms with E-state index in [4.69, 9.17) is 0 Å². The maximum atomic E-state index is 2.70. The number of hydrogen-bond acceptors (Lipinski definition) is 0. The summed E-state index contributed by atoms with van der Waals surface area (Å²) < 4.78 is 2.75. The molecule has 0 N–H and O–H groups in total. The predicted octanol–water partition coefficient (Wildman–Crippen LogP) is 12.8. The number of allylic oxidation sites excluding steroid dienone is 2. The van der Waals surface area contributed by atoms with Gasteiger partial charge in [-0.3, -0.25) is 0 Å². The van der Waals surface area contributed by atoms with Crippen LogP contribution in [0, 0.1) is 0 Å². The molecule has 0 saturated carbocycles. The van der Waals surface area contributed by atoms with E-state index >= 15 is 0 Å². The number of hydrogen-bond donors (Lipinski definition) is 0. The van der Waals surface area contributed by atoms with Gasteiger partial charge in [-0.1, -0.05) is 0 Å². The summed E-state index contributed by atoms with van der Waals surface area (Å²) in [6.07, 6.45) is 10.0. The third kappa shape index (κ3) is 6.77. The first-order valence-corrected chi connectivity index (χ1v) is 27.4. The van der Waals surface area contributed by atoms with Crippen LogP contribution < -0.4 is 13.6 Å². The number of fused-ring (bicyclic) bond motifs is 5. The average Bonchev–Trinajstić information content (AvgIpc) is 3.90. The van der Waals surface area contributed by atoms with Crippen molar-refractivity contribution in [3.8, 4) is 33.4 Å². The Labute approximate surface area is 359 Å². The Morgan fingerprint density at radius 3 is 1.40 bits per heavy atom. The zero-order chi connectivity index (χ0) is 40.3. The second-order valence-corrected chi connectivity index (χ2v) is 27.4. The molecule has 0 saturated heterocycles. The zero-order valence-corrected chi connectivity index (χ0v) is 39.8. The fourth-order valence-electron chi connectivity index (χ4n) is 10.8. The quantitative estimate of drug-likeness (QED) is 0.127. The van der Waals surface area contributed by atoms with Gasteiger partial charge in [0, 0.05) is 0 Å². The molecule has 0 aromatic heterocycles. The van der Waals surface area contributed by atoms with Gasteiger partial charge >= 0.3 is 362 Å². The summed E-state index contributed by atoms with van der Waals surface area (Å²) in [5.74, 6) is 0. The van der Waals surface area contributed by atoms with Gasteiger partial charge in [0.2, 0.25) is 0 Å². The first-order chi connectivity index (χ1) is 28.0. The minimum atomic E-state index is -2.87. The van der Waals surface area contributed by atoms with E-state index in [2.05, 4.69) is 195 Å². The van der Waals surface area contributed by atoms with Crippen LogP contribution in [0.3, 0.4) is 0 Å². The molecule has 9 rings (SSSR count). The SMILES string of the molecule is CCCC1=Cc2c(-c3ccccc3C(C)(C)C)cccc2[CH]1[Zr]([c]1cccc2c1[SiH2]c1ccccc1-2)[CH]1C(CCC)=Cc2c(-c3ccccc3C(C)(C)C)cccc21. The Morgan fingerprint density at radius 1 is 0.466 bits per heavy atom. The van der Waals surface area contributed by atoms with Crippen molar-refractivity contribution in [1.29, 1.82) is 0 Å². The topological polar surface area (TPSA) is 0 Å². The summed E-state index contributed by atoms with van der Waals surface area (Å²) in [6.45, 7) is 19.0. The molecule has 1 aliphatic heterocycles. The Kier molecular flexibility index (Phi) is 10.5. The molecule has 6 aromatic carbocycles. The van der Waals surface area contributed by atoms with Crippen molar-refractivity contribution in [3.05, 3.63) is 172 Å². The minimum absolute atomic E-state index is 0.0508. The molecule has 0 bridgehead atoms. The molecular weight excluding hydrogens is 792 g/mol. The van der Waals surface area contributed by atoms with Crippen LogP contribution in [0.15, 0.2) is 139 Å². The van der Waals surface area contributed by atoms with E-state index in [0.717, 1.165) is 12.8 Å². The number of benzene rings is 6. The molecule has 2 atom stereocenters. The Morgan fingerprint density at radius 2 is 0.897 bits per heavy atom. The van der Waals surface area contributed by atoms with Crippen molar-refractivity contribution in [3.63, 3.8) is 0 Å². The van der Waals surface area contributed by atoms with Crippen molar-refractivity contribution in [2.45, 2.75) is 99.2 Å². The van der Waals surface area contributed by atoms with Gasteiger partial charge in [0.1, 0.15) is 0 Å². The van der Waals surface area contributed by atoms with Gasteiger partial charge in [-0.05, 0) is 0 Å². The Balaban J connectivity index is 1.31. The van der Waals surface area contributed by atoms with Crippen LogP contribution in [0.2, 0.25) is 0 Å². The molecule has 2 unspecified atom stereocenters. The molecule has 0 spiro atoms. The third-order valence-corrected chi connectivity index (χ3v) is 25.3. The monoisotopic (exact) mass is 849 g/mol. The van der Waals surface area contributed by atoms with Crippen LogP contribution in [0.1, 0.15) is 122 Å². The molecule has 0 nitrogen and oxygen atoms in total. The van der Waals surface area contributed by atoms with E-state index in [9.17, 15) is 0 Å². The number of rotatable bonds is 9. The van der Waals surface area contributed by atoms with Crippen LogP contribution in [0.25, 0.3) is 45.5 Å². The second-order valence-electron chi connectivity index (χ2n) is 19.1. The van der Waals surface area contributed by atoms with Crippen LogP contribution >= 0.6 is 0 Å². The average molecular weight is 851 g/mol. The van der Waals surface area contributed by atoms with Gasteiger partial charge < -0.3 is 0 Å². The van der Waals surface area contributed by atoms with E-state index in [1.807, 2.05) is 0 Å². The Hall–Kier alpha value is -4.10. The summed E-state index contributed by atoms with van der Waals surface area (Å²) >= 11 is -2.87. The first kappa shape index (κ1) is 39.4. The molecule has 291 valence electrons. The van der Waals surface area contributed by atoms with Crippen LogP contribution in [-0.4, -0.2) is 9.52 Å².